The van der Waals surface area contributed by atoms with Crippen molar-refractivity contribution in [3.05, 3.63) is 51.5 Å². The summed E-state index contributed by atoms with van der Waals surface area (Å²) in [6.07, 6.45) is 2.10. The van der Waals surface area contributed by atoms with E-state index < -0.39 is 0 Å². The molecule has 5 heteroatoms. The number of aromatic nitrogens is 1. The molecular formula is C14H13N3OS. The van der Waals surface area contributed by atoms with E-state index in [0.29, 0.717) is 18.5 Å². The van der Waals surface area contributed by atoms with Crippen molar-refractivity contribution < 1.29 is 4.79 Å². The van der Waals surface area contributed by atoms with Gasteiger partial charge in [-0.25, -0.2) is 4.98 Å². The minimum absolute atomic E-state index is 0.0317. The number of nitrogens with one attached hydrogen (secondary N) is 1. The van der Waals surface area contributed by atoms with Gasteiger partial charge in [0.15, 0.2) is 0 Å². The number of carbonyl (C=O) groups excluding carboxylic acids is 1. The Morgan fingerprint density at radius 3 is 2.74 bits per heavy atom. The second-order valence-corrected chi connectivity index (χ2v) is 5.43. The number of carbonyl (C=O) groups is 1. The second kappa shape index (κ2) is 6.12. The molecule has 0 aliphatic rings. The first kappa shape index (κ1) is 13.2. The summed E-state index contributed by atoms with van der Waals surface area (Å²) in [4.78, 5) is 16.9. The highest BCUT2D eigenvalue weighted by atomic mass is 32.1. The highest BCUT2D eigenvalue weighted by Gasteiger charge is 2.04. The molecule has 0 aliphatic heterocycles. The lowest BCUT2D eigenvalue weighted by Gasteiger charge is -2.03. The molecular weight excluding hydrogens is 258 g/mol. The van der Waals surface area contributed by atoms with E-state index in [1.807, 2.05) is 6.92 Å². The van der Waals surface area contributed by atoms with Gasteiger partial charge in [0.25, 0.3) is 0 Å². The van der Waals surface area contributed by atoms with Gasteiger partial charge in [0, 0.05) is 11.1 Å². The van der Waals surface area contributed by atoms with E-state index in [-0.39, 0.29) is 5.91 Å². The molecule has 0 unspecified atom stereocenters. The van der Waals surface area contributed by atoms with Crippen LogP contribution >= 0.6 is 11.3 Å². The maximum Gasteiger partial charge on any atom is 0.224 e. The third kappa shape index (κ3) is 3.90. The zero-order valence-corrected chi connectivity index (χ0v) is 11.3. The van der Waals surface area contributed by atoms with Crippen LogP contribution in [0.5, 0.6) is 0 Å². The zero-order valence-electron chi connectivity index (χ0n) is 10.5. The van der Waals surface area contributed by atoms with Crippen molar-refractivity contribution in [2.45, 2.75) is 19.9 Å². The van der Waals surface area contributed by atoms with Crippen LogP contribution in [0.3, 0.4) is 0 Å². The lowest BCUT2D eigenvalue weighted by Crippen LogP contribution is -2.24. The van der Waals surface area contributed by atoms with Crippen LogP contribution in [-0.4, -0.2) is 10.9 Å². The van der Waals surface area contributed by atoms with E-state index in [0.717, 1.165) is 15.4 Å². The van der Waals surface area contributed by atoms with Crippen LogP contribution in [0.4, 0.5) is 0 Å². The standard InChI is InChI=1S/C14H13N3OS/c1-10-16-8-13(19-10)9-17-14(18)6-11-2-4-12(7-15)5-3-11/h2-5,8H,6,9H2,1H3,(H,17,18). The van der Waals surface area contributed by atoms with Crippen LogP contribution in [0.15, 0.2) is 30.5 Å². The molecule has 2 rings (SSSR count). The molecule has 4 nitrogen and oxygen atoms in total. The molecule has 0 atom stereocenters. The number of aryl methyl sites for hydroxylation is 1. The van der Waals surface area contributed by atoms with Gasteiger partial charge in [0.05, 0.1) is 29.6 Å². The lowest BCUT2D eigenvalue weighted by atomic mass is 10.1. The Bertz CT molecular complexity index is 610. The van der Waals surface area contributed by atoms with Gasteiger partial charge in [-0.15, -0.1) is 11.3 Å². The van der Waals surface area contributed by atoms with E-state index in [1.165, 1.54) is 0 Å². The molecule has 1 aromatic heterocycles. The molecule has 96 valence electrons. The van der Waals surface area contributed by atoms with E-state index in [4.69, 9.17) is 5.26 Å². The summed E-state index contributed by atoms with van der Waals surface area (Å²) >= 11 is 1.58. The van der Waals surface area contributed by atoms with E-state index in [1.54, 1.807) is 41.8 Å². The number of thiazole rings is 1. The molecule has 0 saturated carbocycles. The number of nitrogens with zero attached hydrogens (tertiary/aromatic N) is 2. The molecule has 0 radical (unpaired) electrons. The van der Waals surface area contributed by atoms with Crippen LogP contribution in [0.1, 0.15) is 21.0 Å². The summed E-state index contributed by atoms with van der Waals surface area (Å²) in [7, 11) is 0. The van der Waals surface area contributed by atoms with Crippen LogP contribution in [0.25, 0.3) is 0 Å². The molecule has 0 saturated heterocycles. The minimum Gasteiger partial charge on any atom is -0.351 e. The zero-order chi connectivity index (χ0) is 13.7. The van der Waals surface area contributed by atoms with Gasteiger partial charge in [0.2, 0.25) is 5.91 Å². The lowest BCUT2D eigenvalue weighted by molar-refractivity contribution is -0.120. The van der Waals surface area contributed by atoms with Crippen LogP contribution < -0.4 is 5.32 Å². The quantitative estimate of drug-likeness (QED) is 0.927. The molecule has 0 aliphatic carbocycles. The largest absolute Gasteiger partial charge is 0.351 e. The van der Waals surface area contributed by atoms with Crippen molar-refractivity contribution in [1.29, 1.82) is 5.26 Å². The van der Waals surface area contributed by atoms with Crippen molar-refractivity contribution in [2.24, 2.45) is 0 Å². The molecule has 2 aromatic rings. The Morgan fingerprint density at radius 2 is 2.16 bits per heavy atom. The average molecular weight is 271 g/mol. The monoisotopic (exact) mass is 271 g/mol. The number of nitriles is 1. The van der Waals surface area contributed by atoms with Gasteiger partial charge in [-0.05, 0) is 24.6 Å². The van der Waals surface area contributed by atoms with Crippen LogP contribution in [0, 0.1) is 18.3 Å². The van der Waals surface area contributed by atoms with Gasteiger partial charge in [-0.1, -0.05) is 12.1 Å². The fourth-order valence-electron chi connectivity index (χ4n) is 1.62. The van der Waals surface area contributed by atoms with Crippen LogP contribution in [-0.2, 0) is 17.8 Å². The first-order chi connectivity index (χ1) is 9.17. The SMILES string of the molecule is Cc1ncc(CNC(=O)Cc2ccc(C#N)cc2)s1. The van der Waals surface area contributed by atoms with Gasteiger partial charge >= 0.3 is 0 Å². The highest BCUT2D eigenvalue weighted by molar-refractivity contribution is 7.11. The topological polar surface area (TPSA) is 65.8 Å². The number of amides is 1. The Labute approximate surface area is 115 Å². The Kier molecular flexibility index (Phi) is 4.26. The molecule has 0 bridgehead atoms. The normalized spacial score (nSPS) is 9.89. The highest BCUT2D eigenvalue weighted by Crippen LogP contribution is 2.11. The summed E-state index contributed by atoms with van der Waals surface area (Å²) in [5.41, 5.74) is 1.50. The van der Waals surface area contributed by atoms with E-state index >= 15 is 0 Å². The maximum absolute atomic E-state index is 11.8. The minimum atomic E-state index is -0.0317. The van der Waals surface area contributed by atoms with Gasteiger partial charge in [-0.3, -0.25) is 4.79 Å². The van der Waals surface area contributed by atoms with Crippen molar-refractivity contribution in [3.63, 3.8) is 0 Å². The molecule has 0 fully saturated rings. The van der Waals surface area contributed by atoms with Gasteiger partial charge in [-0.2, -0.15) is 5.26 Å². The van der Waals surface area contributed by atoms with Crippen molar-refractivity contribution >= 4 is 17.2 Å². The third-order valence-corrected chi connectivity index (χ3v) is 3.49. The average Bonchev–Trinajstić information content (AvgIpc) is 2.83. The molecule has 1 heterocycles. The summed E-state index contributed by atoms with van der Waals surface area (Å²) in [5, 5.41) is 12.5. The summed E-state index contributed by atoms with van der Waals surface area (Å²) in [5.74, 6) is -0.0317. The smallest absolute Gasteiger partial charge is 0.224 e. The van der Waals surface area contributed by atoms with Crippen molar-refractivity contribution in [2.75, 3.05) is 0 Å². The number of hydrogen-bond donors (Lipinski definition) is 1. The first-order valence-corrected chi connectivity index (χ1v) is 6.66. The number of hydrogen-bond acceptors (Lipinski definition) is 4. The predicted molar refractivity (Wildman–Crippen MR) is 73.6 cm³/mol. The Morgan fingerprint density at radius 1 is 1.42 bits per heavy atom. The van der Waals surface area contributed by atoms with Gasteiger partial charge < -0.3 is 5.32 Å². The van der Waals surface area contributed by atoms with Crippen molar-refractivity contribution in [3.8, 4) is 6.07 Å². The fourth-order valence-corrected chi connectivity index (χ4v) is 2.35. The summed E-state index contributed by atoms with van der Waals surface area (Å²) in [6.45, 7) is 2.45. The molecule has 0 spiro atoms. The number of benzene rings is 1. The van der Waals surface area contributed by atoms with E-state index in [9.17, 15) is 4.79 Å². The number of rotatable bonds is 4. The predicted octanol–water partition coefficient (Wildman–Crippen LogP) is 2.18. The third-order valence-electron chi connectivity index (χ3n) is 2.58. The van der Waals surface area contributed by atoms with Crippen LogP contribution in [0.2, 0.25) is 0 Å². The second-order valence-electron chi connectivity index (χ2n) is 4.11. The molecule has 19 heavy (non-hydrogen) atoms. The molecule has 1 N–H and O–H groups in total. The maximum atomic E-state index is 11.8. The molecule has 1 aromatic carbocycles. The fraction of sp³-hybridized carbons (Fsp3) is 0.214. The molecule has 1 amide bonds. The first-order valence-electron chi connectivity index (χ1n) is 5.84. The summed E-state index contributed by atoms with van der Waals surface area (Å²) < 4.78 is 0. The van der Waals surface area contributed by atoms with Gasteiger partial charge in [0.1, 0.15) is 0 Å². The van der Waals surface area contributed by atoms with Crippen molar-refractivity contribution in [1.82, 2.24) is 10.3 Å². The Balaban J connectivity index is 1.85. The Hall–Kier alpha value is -2.19. The summed E-state index contributed by atoms with van der Waals surface area (Å²) in [6, 6.07) is 9.09. The van der Waals surface area contributed by atoms with E-state index in [2.05, 4.69) is 16.4 Å².